The topological polar surface area (TPSA) is 52.6 Å². The standard InChI is InChI=1S/C15H18F6N2O2/c1-4-22-12(24)23(9(2)3)11-7-5-10(6-8-11)13(25,14(16,17)18)15(19,20)21/h5-9,25H,4H2,1-3H3,(H,22,24). The van der Waals surface area contributed by atoms with E-state index in [1.54, 1.807) is 20.8 Å². The van der Waals surface area contributed by atoms with Crippen LogP contribution in [0.1, 0.15) is 26.3 Å². The average Bonchev–Trinajstić information content (AvgIpc) is 2.44. The van der Waals surface area contributed by atoms with Gasteiger partial charge in [0.2, 0.25) is 0 Å². The number of benzene rings is 1. The molecule has 0 saturated heterocycles. The molecule has 1 aromatic carbocycles. The summed E-state index contributed by atoms with van der Waals surface area (Å²) in [5.74, 6) is 0. The van der Waals surface area contributed by atoms with E-state index in [2.05, 4.69) is 5.32 Å². The fraction of sp³-hybridized carbons (Fsp3) is 0.533. The Labute approximate surface area is 140 Å². The molecule has 0 aliphatic heterocycles. The van der Waals surface area contributed by atoms with Gasteiger partial charge >= 0.3 is 18.4 Å². The Morgan fingerprint density at radius 2 is 1.52 bits per heavy atom. The Balaban J connectivity index is 3.35. The summed E-state index contributed by atoms with van der Waals surface area (Å²) in [4.78, 5) is 13.2. The molecule has 2 N–H and O–H groups in total. The minimum atomic E-state index is -5.95. The predicted molar refractivity (Wildman–Crippen MR) is 79.1 cm³/mol. The molecule has 0 radical (unpaired) electrons. The molecular weight excluding hydrogens is 354 g/mol. The number of alkyl halides is 6. The number of amides is 2. The van der Waals surface area contributed by atoms with Crippen LogP contribution in [0, 0.1) is 0 Å². The van der Waals surface area contributed by atoms with Crippen LogP contribution in [0.15, 0.2) is 24.3 Å². The fourth-order valence-corrected chi connectivity index (χ4v) is 2.24. The molecule has 1 aromatic rings. The van der Waals surface area contributed by atoms with Crippen LogP contribution in [0.25, 0.3) is 0 Å². The first-order chi connectivity index (χ1) is 11.3. The molecule has 0 unspecified atom stereocenters. The van der Waals surface area contributed by atoms with Gasteiger partial charge in [0, 0.05) is 23.8 Å². The zero-order chi connectivity index (χ0) is 19.6. The SMILES string of the molecule is CCNC(=O)N(c1ccc(C(O)(C(F)(F)F)C(F)(F)F)cc1)C(C)C. The monoisotopic (exact) mass is 372 g/mol. The van der Waals surface area contributed by atoms with Gasteiger partial charge in [-0.05, 0) is 32.9 Å². The van der Waals surface area contributed by atoms with Crippen LogP contribution in [0.4, 0.5) is 36.8 Å². The molecule has 0 atom stereocenters. The normalized spacial score (nSPS) is 13.1. The number of aliphatic hydroxyl groups is 1. The van der Waals surface area contributed by atoms with Gasteiger partial charge in [-0.1, -0.05) is 12.1 Å². The summed E-state index contributed by atoms with van der Waals surface area (Å²) in [6.45, 7) is 5.21. The predicted octanol–water partition coefficient (Wildman–Crippen LogP) is 3.94. The maximum absolute atomic E-state index is 12.9. The summed E-state index contributed by atoms with van der Waals surface area (Å²) in [5.41, 5.74) is -6.28. The van der Waals surface area contributed by atoms with Crippen LogP contribution >= 0.6 is 0 Å². The molecule has 0 aliphatic rings. The lowest BCUT2D eigenvalue weighted by molar-refractivity contribution is -0.376. The largest absolute Gasteiger partial charge is 0.430 e. The molecule has 4 nitrogen and oxygen atoms in total. The van der Waals surface area contributed by atoms with Crippen LogP contribution in [-0.4, -0.2) is 36.1 Å². The van der Waals surface area contributed by atoms with E-state index in [1.165, 1.54) is 4.90 Å². The van der Waals surface area contributed by atoms with Crippen molar-refractivity contribution in [3.63, 3.8) is 0 Å². The van der Waals surface area contributed by atoms with E-state index in [0.29, 0.717) is 18.7 Å². The summed E-state index contributed by atoms with van der Waals surface area (Å²) in [6, 6.07) is 1.91. The van der Waals surface area contributed by atoms with Gasteiger partial charge in [-0.3, -0.25) is 4.90 Å². The summed E-state index contributed by atoms with van der Waals surface area (Å²) >= 11 is 0. The first kappa shape index (κ1) is 21.1. The van der Waals surface area contributed by atoms with Gasteiger partial charge in [0.1, 0.15) is 0 Å². The molecule has 0 spiro atoms. The zero-order valence-electron chi connectivity index (χ0n) is 13.7. The first-order valence-corrected chi connectivity index (χ1v) is 7.30. The lowest BCUT2D eigenvalue weighted by Crippen LogP contribution is -2.53. The van der Waals surface area contributed by atoms with Crippen LogP contribution in [0.2, 0.25) is 0 Å². The number of nitrogens with zero attached hydrogens (tertiary/aromatic N) is 1. The van der Waals surface area contributed by atoms with Gasteiger partial charge in [0.25, 0.3) is 5.60 Å². The fourth-order valence-electron chi connectivity index (χ4n) is 2.24. The van der Waals surface area contributed by atoms with E-state index in [1.807, 2.05) is 0 Å². The maximum atomic E-state index is 12.9. The lowest BCUT2D eigenvalue weighted by Gasteiger charge is -2.33. The van der Waals surface area contributed by atoms with Gasteiger partial charge in [-0.25, -0.2) is 4.79 Å². The van der Waals surface area contributed by atoms with Crippen LogP contribution in [0.3, 0.4) is 0 Å². The summed E-state index contributed by atoms with van der Waals surface area (Å²) < 4.78 is 77.1. The smallest absolute Gasteiger partial charge is 0.369 e. The highest BCUT2D eigenvalue weighted by Gasteiger charge is 2.71. The highest BCUT2D eigenvalue weighted by Crippen LogP contribution is 2.50. The molecule has 0 bridgehead atoms. The molecule has 10 heteroatoms. The second-order valence-electron chi connectivity index (χ2n) is 5.55. The third kappa shape index (κ3) is 4.00. The summed E-state index contributed by atoms with van der Waals surface area (Å²) in [5, 5.41) is 11.8. The van der Waals surface area contributed by atoms with Crippen molar-refractivity contribution in [1.82, 2.24) is 5.32 Å². The van der Waals surface area contributed by atoms with Gasteiger partial charge < -0.3 is 10.4 Å². The second kappa shape index (κ2) is 7.11. The van der Waals surface area contributed by atoms with Crippen molar-refractivity contribution in [2.75, 3.05) is 11.4 Å². The number of hydrogen-bond donors (Lipinski definition) is 2. The van der Waals surface area contributed by atoms with Crippen molar-refractivity contribution in [2.45, 2.75) is 44.8 Å². The van der Waals surface area contributed by atoms with Gasteiger partial charge in [-0.15, -0.1) is 0 Å². The Morgan fingerprint density at radius 3 is 1.84 bits per heavy atom. The quantitative estimate of drug-likeness (QED) is 0.787. The maximum Gasteiger partial charge on any atom is 0.430 e. The lowest BCUT2D eigenvalue weighted by atomic mass is 9.92. The number of carbonyl (C=O) groups is 1. The van der Waals surface area contributed by atoms with Crippen molar-refractivity contribution >= 4 is 11.7 Å². The number of halogens is 6. The molecular formula is C15H18F6N2O2. The van der Waals surface area contributed by atoms with E-state index in [9.17, 15) is 36.2 Å². The van der Waals surface area contributed by atoms with E-state index in [-0.39, 0.29) is 5.69 Å². The number of anilines is 1. The molecule has 0 fully saturated rings. The Hall–Kier alpha value is -1.97. The molecule has 25 heavy (non-hydrogen) atoms. The van der Waals surface area contributed by atoms with Crippen molar-refractivity contribution in [1.29, 1.82) is 0 Å². The highest BCUT2D eigenvalue weighted by atomic mass is 19.4. The minimum Gasteiger partial charge on any atom is -0.369 e. The van der Waals surface area contributed by atoms with Crippen LogP contribution < -0.4 is 10.2 Å². The Kier molecular flexibility index (Phi) is 5.99. The molecule has 0 aliphatic carbocycles. The van der Waals surface area contributed by atoms with Crippen molar-refractivity contribution < 1.29 is 36.2 Å². The van der Waals surface area contributed by atoms with Gasteiger partial charge in [0.05, 0.1) is 0 Å². The van der Waals surface area contributed by atoms with E-state index >= 15 is 0 Å². The van der Waals surface area contributed by atoms with Gasteiger partial charge in [0.15, 0.2) is 0 Å². The number of hydrogen-bond acceptors (Lipinski definition) is 2. The third-order valence-electron chi connectivity index (χ3n) is 3.45. The molecule has 0 aromatic heterocycles. The third-order valence-corrected chi connectivity index (χ3v) is 3.45. The number of rotatable bonds is 4. The van der Waals surface area contributed by atoms with Gasteiger partial charge in [-0.2, -0.15) is 26.3 Å². The van der Waals surface area contributed by atoms with Crippen molar-refractivity contribution in [3.05, 3.63) is 29.8 Å². The zero-order valence-corrected chi connectivity index (χ0v) is 13.7. The molecule has 2 amide bonds. The van der Waals surface area contributed by atoms with Crippen molar-refractivity contribution in [2.24, 2.45) is 0 Å². The summed E-state index contributed by atoms with van der Waals surface area (Å²) in [6.07, 6.45) is -11.9. The number of nitrogens with one attached hydrogen (secondary N) is 1. The van der Waals surface area contributed by atoms with E-state index < -0.39 is 35.6 Å². The Bertz CT molecular complexity index is 582. The molecule has 0 heterocycles. The van der Waals surface area contributed by atoms with Crippen LogP contribution in [-0.2, 0) is 5.60 Å². The van der Waals surface area contributed by atoms with Crippen molar-refractivity contribution in [3.8, 4) is 0 Å². The number of urea groups is 1. The van der Waals surface area contributed by atoms with Crippen LogP contribution in [0.5, 0.6) is 0 Å². The first-order valence-electron chi connectivity index (χ1n) is 7.30. The van der Waals surface area contributed by atoms with E-state index in [4.69, 9.17) is 0 Å². The van der Waals surface area contributed by atoms with E-state index in [0.717, 1.165) is 12.1 Å². The highest BCUT2D eigenvalue weighted by molar-refractivity contribution is 5.92. The summed E-state index contributed by atoms with van der Waals surface area (Å²) in [7, 11) is 0. The minimum absolute atomic E-state index is 0.0939. The molecule has 0 saturated carbocycles. The average molecular weight is 372 g/mol. The Morgan fingerprint density at radius 1 is 1.08 bits per heavy atom. The molecule has 142 valence electrons. The molecule has 1 rings (SSSR count). The number of carbonyl (C=O) groups excluding carboxylic acids is 1. The second-order valence-corrected chi connectivity index (χ2v) is 5.55.